The summed E-state index contributed by atoms with van der Waals surface area (Å²) in [4.78, 5) is 11.6. The van der Waals surface area contributed by atoms with Gasteiger partial charge in [-0.3, -0.25) is 4.79 Å². The predicted molar refractivity (Wildman–Crippen MR) is 78.1 cm³/mol. The van der Waals surface area contributed by atoms with Crippen LogP contribution in [0.5, 0.6) is 0 Å². The van der Waals surface area contributed by atoms with Gasteiger partial charge in [0.05, 0.1) is 13.0 Å². The fraction of sp³-hybridized carbons (Fsp3) is 0.562. The van der Waals surface area contributed by atoms with Crippen LogP contribution in [0.3, 0.4) is 0 Å². The average Bonchev–Trinajstić information content (AvgIpc) is 2.40. The molecule has 0 amide bonds. The molecule has 106 valence electrons. The van der Waals surface area contributed by atoms with E-state index in [2.05, 4.69) is 24.4 Å². The van der Waals surface area contributed by atoms with Gasteiger partial charge < -0.3 is 10.1 Å². The molecule has 0 heterocycles. The second-order valence-corrected chi connectivity index (χ2v) is 4.70. The smallest absolute Gasteiger partial charge is 0.307 e. The van der Waals surface area contributed by atoms with E-state index in [-0.39, 0.29) is 12.0 Å². The van der Waals surface area contributed by atoms with Gasteiger partial charge >= 0.3 is 5.97 Å². The van der Waals surface area contributed by atoms with Crippen molar-refractivity contribution in [2.24, 2.45) is 0 Å². The monoisotopic (exact) mass is 263 g/mol. The van der Waals surface area contributed by atoms with E-state index in [4.69, 9.17) is 4.74 Å². The van der Waals surface area contributed by atoms with Crippen molar-refractivity contribution in [3.05, 3.63) is 35.9 Å². The molecule has 0 aliphatic heterocycles. The van der Waals surface area contributed by atoms with E-state index in [1.54, 1.807) is 0 Å². The summed E-state index contributed by atoms with van der Waals surface area (Å²) in [5, 5.41) is 3.46. The van der Waals surface area contributed by atoms with Gasteiger partial charge in [0, 0.05) is 6.04 Å². The lowest BCUT2D eigenvalue weighted by molar-refractivity contribution is -0.143. The maximum absolute atomic E-state index is 11.6. The van der Waals surface area contributed by atoms with Crippen LogP contribution in [-0.2, 0) is 16.0 Å². The Kier molecular flexibility index (Phi) is 7.91. The van der Waals surface area contributed by atoms with E-state index in [0.717, 1.165) is 25.8 Å². The zero-order valence-electron chi connectivity index (χ0n) is 12.0. The van der Waals surface area contributed by atoms with Crippen LogP contribution in [0.15, 0.2) is 30.3 Å². The fourth-order valence-corrected chi connectivity index (χ4v) is 2.02. The molecule has 0 saturated carbocycles. The predicted octanol–water partition coefficient (Wildman–Crippen LogP) is 2.94. The molecule has 0 fully saturated rings. The van der Waals surface area contributed by atoms with E-state index >= 15 is 0 Å². The Morgan fingerprint density at radius 2 is 2.00 bits per heavy atom. The molecule has 0 spiro atoms. The van der Waals surface area contributed by atoms with Crippen molar-refractivity contribution < 1.29 is 9.53 Å². The third-order valence-corrected chi connectivity index (χ3v) is 3.01. The largest absolute Gasteiger partial charge is 0.466 e. The third-order valence-electron chi connectivity index (χ3n) is 3.01. The number of unbranched alkanes of at least 4 members (excludes halogenated alkanes) is 1. The average molecular weight is 263 g/mol. The number of carbonyl (C=O) groups is 1. The minimum atomic E-state index is -0.118. The van der Waals surface area contributed by atoms with Gasteiger partial charge in [-0.25, -0.2) is 0 Å². The molecule has 3 nitrogen and oxygen atoms in total. The van der Waals surface area contributed by atoms with Crippen LogP contribution < -0.4 is 5.32 Å². The lowest BCUT2D eigenvalue weighted by Gasteiger charge is -2.18. The molecule has 3 heteroatoms. The van der Waals surface area contributed by atoms with Crippen molar-refractivity contribution in [2.75, 3.05) is 13.2 Å². The van der Waals surface area contributed by atoms with Gasteiger partial charge in [0.15, 0.2) is 0 Å². The lowest BCUT2D eigenvalue weighted by Crippen LogP contribution is -2.34. The molecule has 0 aromatic heterocycles. The topological polar surface area (TPSA) is 38.3 Å². The van der Waals surface area contributed by atoms with Gasteiger partial charge in [-0.1, -0.05) is 43.7 Å². The summed E-state index contributed by atoms with van der Waals surface area (Å²) in [6, 6.07) is 10.4. The number of esters is 1. The third kappa shape index (κ3) is 6.97. The minimum absolute atomic E-state index is 0.118. The number of hydrogen-bond donors (Lipinski definition) is 1. The SMILES string of the molecule is CCCCNC(CC(=O)OCC)Cc1ccccc1. The minimum Gasteiger partial charge on any atom is -0.466 e. The Balaban J connectivity index is 2.50. The van der Waals surface area contributed by atoms with Gasteiger partial charge in [-0.05, 0) is 31.9 Å². The molecule has 1 atom stereocenters. The number of hydrogen-bond acceptors (Lipinski definition) is 3. The molecule has 19 heavy (non-hydrogen) atoms. The Hall–Kier alpha value is -1.35. The van der Waals surface area contributed by atoms with Crippen LogP contribution in [-0.4, -0.2) is 25.2 Å². The second-order valence-electron chi connectivity index (χ2n) is 4.70. The maximum Gasteiger partial charge on any atom is 0.307 e. The molecule has 1 rings (SSSR count). The van der Waals surface area contributed by atoms with Crippen LogP contribution >= 0.6 is 0 Å². The van der Waals surface area contributed by atoms with Crippen molar-refractivity contribution >= 4 is 5.97 Å². The van der Waals surface area contributed by atoms with E-state index in [1.807, 2.05) is 25.1 Å². The van der Waals surface area contributed by atoms with E-state index in [9.17, 15) is 4.79 Å². The second kappa shape index (κ2) is 9.56. The normalized spacial score (nSPS) is 12.1. The molecule has 1 unspecified atom stereocenters. The molecule has 0 saturated heterocycles. The number of ether oxygens (including phenoxy) is 1. The highest BCUT2D eigenvalue weighted by Gasteiger charge is 2.14. The molecule has 1 N–H and O–H groups in total. The lowest BCUT2D eigenvalue weighted by atomic mass is 10.0. The standard InChI is InChI=1S/C16H25NO2/c1-3-5-11-17-15(13-16(18)19-4-2)12-14-9-7-6-8-10-14/h6-10,15,17H,3-5,11-13H2,1-2H3. The first kappa shape index (κ1) is 15.7. The highest BCUT2D eigenvalue weighted by atomic mass is 16.5. The molecule has 1 aromatic rings. The molecule has 0 aliphatic rings. The Bertz CT molecular complexity index is 351. The molecule has 0 aliphatic carbocycles. The molecule has 1 aromatic carbocycles. The summed E-state index contributed by atoms with van der Waals surface area (Å²) < 4.78 is 5.04. The quantitative estimate of drug-likeness (QED) is 0.550. The van der Waals surface area contributed by atoms with E-state index in [1.165, 1.54) is 5.56 Å². The first-order chi connectivity index (χ1) is 9.26. The highest BCUT2D eigenvalue weighted by Crippen LogP contribution is 2.07. The van der Waals surface area contributed by atoms with Crippen LogP contribution in [0.4, 0.5) is 0 Å². The van der Waals surface area contributed by atoms with E-state index < -0.39 is 0 Å². The van der Waals surface area contributed by atoms with Crippen LogP contribution in [0.2, 0.25) is 0 Å². The highest BCUT2D eigenvalue weighted by molar-refractivity contribution is 5.70. The molecular formula is C16H25NO2. The van der Waals surface area contributed by atoms with Crippen molar-refractivity contribution in [1.29, 1.82) is 0 Å². The molecule has 0 radical (unpaired) electrons. The van der Waals surface area contributed by atoms with Crippen molar-refractivity contribution in [1.82, 2.24) is 5.32 Å². The number of benzene rings is 1. The van der Waals surface area contributed by atoms with Crippen LogP contribution in [0, 0.1) is 0 Å². The number of carbonyl (C=O) groups excluding carboxylic acids is 1. The fourth-order valence-electron chi connectivity index (χ4n) is 2.02. The van der Waals surface area contributed by atoms with Gasteiger partial charge in [0.1, 0.15) is 0 Å². The summed E-state index contributed by atoms with van der Waals surface area (Å²) >= 11 is 0. The maximum atomic E-state index is 11.6. The zero-order chi connectivity index (χ0) is 13.9. The summed E-state index contributed by atoms with van der Waals surface area (Å²) in [7, 11) is 0. The van der Waals surface area contributed by atoms with Gasteiger partial charge in [-0.2, -0.15) is 0 Å². The summed E-state index contributed by atoms with van der Waals surface area (Å²) in [6.07, 6.45) is 3.59. The van der Waals surface area contributed by atoms with Gasteiger partial charge in [0.25, 0.3) is 0 Å². The Morgan fingerprint density at radius 3 is 2.63 bits per heavy atom. The molecule has 0 bridgehead atoms. The molecular weight excluding hydrogens is 238 g/mol. The summed E-state index contributed by atoms with van der Waals surface area (Å²) in [6.45, 7) is 5.41. The number of rotatable bonds is 9. The van der Waals surface area contributed by atoms with Gasteiger partial charge in [-0.15, -0.1) is 0 Å². The number of nitrogens with one attached hydrogen (secondary N) is 1. The first-order valence-electron chi connectivity index (χ1n) is 7.19. The van der Waals surface area contributed by atoms with Crippen LogP contribution in [0.1, 0.15) is 38.7 Å². The van der Waals surface area contributed by atoms with Crippen molar-refractivity contribution in [2.45, 2.75) is 45.6 Å². The van der Waals surface area contributed by atoms with Crippen molar-refractivity contribution in [3.63, 3.8) is 0 Å². The zero-order valence-corrected chi connectivity index (χ0v) is 12.0. The summed E-state index contributed by atoms with van der Waals surface area (Å²) in [5.41, 5.74) is 1.25. The van der Waals surface area contributed by atoms with E-state index in [0.29, 0.717) is 13.0 Å². The van der Waals surface area contributed by atoms with Crippen LogP contribution in [0.25, 0.3) is 0 Å². The summed E-state index contributed by atoms with van der Waals surface area (Å²) in [5.74, 6) is -0.118. The Morgan fingerprint density at radius 1 is 1.26 bits per heavy atom. The van der Waals surface area contributed by atoms with Gasteiger partial charge in [0.2, 0.25) is 0 Å². The Labute approximate surface area is 116 Å². The first-order valence-corrected chi connectivity index (χ1v) is 7.19. The van der Waals surface area contributed by atoms with Crippen molar-refractivity contribution in [3.8, 4) is 0 Å².